The zero-order valence-electron chi connectivity index (χ0n) is 13.3. The lowest BCUT2D eigenvalue weighted by atomic mass is 9.85. The van der Waals surface area contributed by atoms with Gasteiger partial charge in [0.1, 0.15) is 5.75 Å². The molecule has 0 fully saturated rings. The van der Waals surface area contributed by atoms with Gasteiger partial charge in [0.25, 0.3) is 0 Å². The smallest absolute Gasteiger partial charge is 0.119 e. The third-order valence-electron chi connectivity index (χ3n) is 4.41. The molecule has 2 rings (SSSR count). The number of rotatable bonds is 5. The van der Waals surface area contributed by atoms with E-state index in [0.717, 1.165) is 19.5 Å². The summed E-state index contributed by atoms with van der Waals surface area (Å²) in [5, 5.41) is 10.1. The number of benzene rings is 1. The van der Waals surface area contributed by atoms with Gasteiger partial charge in [0.05, 0.1) is 0 Å². The second kappa shape index (κ2) is 6.59. The van der Waals surface area contributed by atoms with Crippen molar-refractivity contribution in [1.29, 1.82) is 0 Å². The molecule has 112 valence electrons. The van der Waals surface area contributed by atoms with Crippen molar-refractivity contribution in [2.24, 2.45) is 0 Å². The highest BCUT2D eigenvalue weighted by Crippen LogP contribution is 2.38. The lowest BCUT2D eigenvalue weighted by molar-refractivity contribution is 0.115. The van der Waals surface area contributed by atoms with E-state index >= 15 is 0 Å². The fourth-order valence-corrected chi connectivity index (χ4v) is 3.62. The molecule has 1 aliphatic carbocycles. The maximum Gasteiger partial charge on any atom is 0.119 e. The fourth-order valence-electron chi connectivity index (χ4n) is 3.62. The first-order chi connectivity index (χ1) is 9.54. The summed E-state index contributed by atoms with van der Waals surface area (Å²) in [5.74, 6) is 0.475. The first kappa shape index (κ1) is 15.3. The van der Waals surface area contributed by atoms with Crippen molar-refractivity contribution in [2.45, 2.75) is 45.2 Å². The third-order valence-corrected chi connectivity index (χ3v) is 4.41. The first-order valence-corrected chi connectivity index (χ1v) is 7.75. The molecule has 0 spiro atoms. The molecule has 1 aliphatic rings. The number of nitrogens with zero attached hydrogens (tertiary/aromatic N) is 2. The Hall–Kier alpha value is -1.06. The molecule has 2 unspecified atom stereocenters. The highest BCUT2D eigenvalue weighted by Gasteiger charge is 2.29. The highest BCUT2D eigenvalue weighted by molar-refractivity contribution is 5.42. The molecule has 0 amide bonds. The number of phenolic OH excluding ortho intramolecular Hbond substituents is 1. The number of hydrogen-bond donors (Lipinski definition) is 1. The number of likely N-dealkylation sites (N-methyl/N-ethyl adjacent to an activating group) is 2. The summed E-state index contributed by atoms with van der Waals surface area (Å²) in [6.45, 7) is 6.66. The van der Waals surface area contributed by atoms with Crippen LogP contribution in [0.2, 0.25) is 0 Å². The van der Waals surface area contributed by atoms with Gasteiger partial charge >= 0.3 is 0 Å². The van der Waals surface area contributed by atoms with Crippen LogP contribution in [-0.4, -0.2) is 48.1 Å². The summed E-state index contributed by atoms with van der Waals surface area (Å²) >= 11 is 0. The molecular formula is C17H28N2O. The predicted molar refractivity (Wildman–Crippen MR) is 84.2 cm³/mol. The van der Waals surface area contributed by atoms with Crippen LogP contribution in [0.3, 0.4) is 0 Å². The average Bonchev–Trinajstić information content (AvgIpc) is 2.40. The lowest BCUT2D eigenvalue weighted by Gasteiger charge is -2.40. The zero-order valence-corrected chi connectivity index (χ0v) is 13.3. The molecule has 0 heterocycles. The predicted octanol–water partition coefficient (Wildman–Crippen LogP) is 3.04. The zero-order chi connectivity index (χ0) is 14.7. The lowest BCUT2D eigenvalue weighted by Crippen LogP contribution is -2.43. The number of phenols is 1. The van der Waals surface area contributed by atoms with Crippen molar-refractivity contribution < 1.29 is 5.11 Å². The van der Waals surface area contributed by atoms with Crippen LogP contribution in [0.1, 0.15) is 43.9 Å². The van der Waals surface area contributed by atoms with Crippen LogP contribution in [0.25, 0.3) is 0 Å². The SMILES string of the molecule is CCN(C(C)CN(C)C)C1CCCc2c(O)cccc21. The molecule has 0 radical (unpaired) electrons. The van der Waals surface area contributed by atoms with Gasteiger partial charge in [-0.1, -0.05) is 19.1 Å². The molecule has 20 heavy (non-hydrogen) atoms. The normalized spacial score (nSPS) is 20.2. The Morgan fingerprint density at radius 3 is 2.75 bits per heavy atom. The van der Waals surface area contributed by atoms with Gasteiger partial charge in [0.15, 0.2) is 0 Å². The Morgan fingerprint density at radius 2 is 2.10 bits per heavy atom. The van der Waals surface area contributed by atoms with Gasteiger partial charge < -0.3 is 10.0 Å². The van der Waals surface area contributed by atoms with Crippen molar-refractivity contribution >= 4 is 0 Å². The molecule has 0 aliphatic heterocycles. The van der Waals surface area contributed by atoms with Crippen molar-refractivity contribution in [1.82, 2.24) is 9.80 Å². The van der Waals surface area contributed by atoms with Gasteiger partial charge in [0.2, 0.25) is 0 Å². The molecule has 1 aromatic rings. The van der Waals surface area contributed by atoms with Gasteiger partial charge in [-0.3, -0.25) is 4.90 Å². The minimum atomic E-state index is 0.450. The number of hydrogen-bond acceptors (Lipinski definition) is 3. The first-order valence-electron chi connectivity index (χ1n) is 7.75. The number of fused-ring (bicyclic) bond motifs is 1. The van der Waals surface area contributed by atoms with Crippen LogP contribution in [-0.2, 0) is 6.42 Å². The van der Waals surface area contributed by atoms with E-state index in [0.29, 0.717) is 17.8 Å². The standard InChI is InChI=1S/C17H28N2O/c1-5-19(13(2)12-18(3)4)16-10-6-9-15-14(16)8-7-11-17(15)20/h7-8,11,13,16,20H,5-6,9-10,12H2,1-4H3. The van der Waals surface area contributed by atoms with E-state index in [2.05, 4.69) is 43.8 Å². The Bertz CT molecular complexity index is 445. The Balaban J connectivity index is 2.26. The fraction of sp³-hybridized carbons (Fsp3) is 0.647. The van der Waals surface area contributed by atoms with Crippen molar-refractivity contribution in [2.75, 3.05) is 27.2 Å². The second-order valence-corrected chi connectivity index (χ2v) is 6.19. The van der Waals surface area contributed by atoms with Gasteiger partial charge in [-0.05, 0) is 64.0 Å². The summed E-state index contributed by atoms with van der Waals surface area (Å²) in [4.78, 5) is 4.83. The Kier molecular flexibility index (Phi) is 5.06. The van der Waals surface area contributed by atoms with E-state index in [4.69, 9.17) is 0 Å². The van der Waals surface area contributed by atoms with Crippen molar-refractivity contribution in [3.63, 3.8) is 0 Å². The molecule has 0 bridgehead atoms. The third kappa shape index (κ3) is 3.15. The largest absolute Gasteiger partial charge is 0.508 e. The summed E-state index contributed by atoms with van der Waals surface area (Å²) in [7, 11) is 4.26. The van der Waals surface area contributed by atoms with Crippen LogP contribution in [0.5, 0.6) is 5.75 Å². The van der Waals surface area contributed by atoms with E-state index in [-0.39, 0.29) is 0 Å². The van der Waals surface area contributed by atoms with Gasteiger partial charge in [0, 0.05) is 18.6 Å². The molecule has 3 heteroatoms. The molecular weight excluding hydrogens is 248 g/mol. The topological polar surface area (TPSA) is 26.7 Å². The van der Waals surface area contributed by atoms with Gasteiger partial charge in [-0.15, -0.1) is 0 Å². The molecule has 2 atom stereocenters. The quantitative estimate of drug-likeness (QED) is 0.895. The average molecular weight is 276 g/mol. The van der Waals surface area contributed by atoms with Crippen LogP contribution >= 0.6 is 0 Å². The van der Waals surface area contributed by atoms with Gasteiger partial charge in [-0.25, -0.2) is 0 Å². The van der Waals surface area contributed by atoms with E-state index in [1.165, 1.54) is 24.0 Å². The second-order valence-electron chi connectivity index (χ2n) is 6.19. The van der Waals surface area contributed by atoms with E-state index in [1.54, 1.807) is 0 Å². The van der Waals surface area contributed by atoms with Crippen molar-refractivity contribution in [3.8, 4) is 5.75 Å². The van der Waals surface area contributed by atoms with E-state index in [9.17, 15) is 5.11 Å². The minimum Gasteiger partial charge on any atom is -0.508 e. The summed E-state index contributed by atoms with van der Waals surface area (Å²) in [6, 6.07) is 6.97. The van der Waals surface area contributed by atoms with Crippen LogP contribution < -0.4 is 0 Å². The molecule has 0 aromatic heterocycles. The summed E-state index contributed by atoms with van der Waals surface area (Å²) < 4.78 is 0. The Morgan fingerprint density at radius 1 is 1.35 bits per heavy atom. The Labute approximate surface area is 123 Å². The summed E-state index contributed by atoms with van der Waals surface area (Å²) in [5.41, 5.74) is 2.50. The maximum atomic E-state index is 10.1. The van der Waals surface area contributed by atoms with Crippen LogP contribution in [0, 0.1) is 0 Å². The monoisotopic (exact) mass is 276 g/mol. The number of aromatic hydroxyl groups is 1. The highest BCUT2D eigenvalue weighted by atomic mass is 16.3. The summed E-state index contributed by atoms with van der Waals surface area (Å²) in [6.07, 6.45) is 3.38. The molecule has 0 saturated heterocycles. The molecule has 1 aromatic carbocycles. The van der Waals surface area contributed by atoms with E-state index in [1.807, 2.05) is 12.1 Å². The molecule has 1 N–H and O–H groups in total. The van der Waals surface area contributed by atoms with Crippen LogP contribution in [0.4, 0.5) is 0 Å². The van der Waals surface area contributed by atoms with Crippen LogP contribution in [0.15, 0.2) is 18.2 Å². The maximum absolute atomic E-state index is 10.1. The minimum absolute atomic E-state index is 0.450. The molecule has 3 nitrogen and oxygen atoms in total. The van der Waals surface area contributed by atoms with Crippen molar-refractivity contribution in [3.05, 3.63) is 29.3 Å². The van der Waals surface area contributed by atoms with Gasteiger partial charge in [-0.2, -0.15) is 0 Å². The van der Waals surface area contributed by atoms with E-state index < -0.39 is 0 Å². The molecule has 0 saturated carbocycles.